The van der Waals surface area contributed by atoms with E-state index in [1.165, 1.54) is 6.42 Å². The van der Waals surface area contributed by atoms with Gasteiger partial charge in [0.2, 0.25) is 0 Å². The second kappa shape index (κ2) is 5.45. The first-order valence-corrected chi connectivity index (χ1v) is 7.02. The number of nitrogens with one attached hydrogen (secondary N) is 3. The molecule has 102 valence electrons. The number of carbonyl (C=O) groups excluding carboxylic acids is 1. The largest absolute Gasteiger partial charge is 0.348 e. The zero-order valence-corrected chi connectivity index (χ0v) is 11.3. The molecule has 1 saturated heterocycles. The Hall–Kier alpha value is -1.17. The highest BCUT2D eigenvalue weighted by Gasteiger charge is 2.37. The van der Waals surface area contributed by atoms with Gasteiger partial charge >= 0.3 is 0 Å². The van der Waals surface area contributed by atoms with Gasteiger partial charge in [0.15, 0.2) is 0 Å². The number of carbonyl (C=O) groups is 1. The van der Waals surface area contributed by atoms with Gasteiger partial charge in [0.25, 0.3) is 5.91 Å². The summed E-state index contributed by atoms with van der Waals surface area (Å²) in [4.78, 5) is 16.1. The molecule has 19 heavy (non-hydrogen) atoms. The third-order valence-corrected chi connectivity index (χ3v) is 4.18. The summed E-state index contributed by atoms with van der Waals surface area (Å²) in [7, 11) is 0. The van der Waals surface area contributed by atoms with Crippen molar-refractivity contribution in [3.8, 4) is 0 Å². The zero-order valence-electron chi connectivity index (χ0n) is 10.5. The van der Waals surface area contributed by atoms with Crippen LogP contribution < -0.4 is 16.2 Å². The number of rotatable bonds is 2. The van der Waals surface area contributed by atoms with Crippen LogP contribution in [0.5, 0.6) is 0 Å². The van der Waals surface area contributed by atoms with Gasteiger partial charge in [-0.2, -0.15) is 0 Å². The molecule has 1 aromatic heterocycles. The molecule has 5 nitrogen and oxygen atoms in total. The summed E-state index contributed by atoms with van der Waals surface area (Å²) >= 11 is 5.81. The van der Waals surface area contributed by atoms with Crippen LogP contribution >= 0.6 is 11.6 Å². The van der Waals surface area contributed by atoms with E-state index in [0.717, 1.165) is 19.4 Å². The molecule has 0 radical (unpaired) electrons. The van der Waals surface area contributed by atoms with Crippen LogP contribution in [0.15, 0.2) is 18.3 Å². The highest BCUT2D eigenvalue weighted by Crippen LogP contribution is 2.26. The van der Waals surface area contributed by atoms with Crippen molar-refractivity contribution in [2.45, 2.75) is 31.3 Å². The maximum atomic E-state index is 12.2. The van der Waals surface area contributed by atoms with Crippen molar-refractivity contribution in [1.29, 1.82) is 0 Å². The topological polar surface area (TPSA) is 66.1 Å². The van der Waals surface area contributed by atoms with Crippen molar-refractivity contribution < 1.29 is 4.79 Å². The molecule has 1 saturated carbocycles. The second-order valence-electron chi connectivity index (χ2n) is 5.19. The predicted molar refractivity (Wildman–Crippen MR) is 72.8 cm³/mol. The number of hydrogen-bond donors (Lipinski definition) is 3. The molecule has 3 N–H and O–H groups in total. The molecule has 3 rings (SSSR count). The van der Waals surface area contributed by atoms with Gasteiger partial charge in [-0.25, -0.2) is 4.98 Å². The van der Waals surface area contributed by atoms with Crippen LogP contribution in [0.2, 0.25) is 5.15 Å². The molecule has 2 aliphatic rings. The van der Waals surface area contributed by atoms with Gasteiger partial charge in [0.05, 0.1) is 0 Å². The van der Waals surface area contributed by atoms with E-state index in [9.17, 15) is 4.79 Å². The second-order valence-corrected chi connectivity index (χ2v) is 5.58. The molecule has 1 amide bonds. The molecular weight excluding hydrogens is 264 g/mol. The molecule has 3 unspecified atom stereocenters. The summed E-state index contributed by atoms with van der Waals surface area (Å²) in [6, 6.07) is 3.78. The summed E-state index contributed by atoms with van der Waals surface area (Å²) in [5, 5.41) is 3.45. The van der Waals surface area contributed by atoms with Gasteiger partial charge in [-0.3, -0.25) is 15.6 Å². The average Bonchev–Trinajstić information content (AvgIpc) is 2.88. The Bertz CT molecular complexity index is 481. The summed E-state index contributed by atoms with van der Waals surface area (Å²) in [5.41, 5.74) is 7.02. The highest BCUT2D eigenvalue weighted by molar-refractivity contribution is 6.29. The number of fused-ring (bicyclic) bond motifs is 1. The Balaban J connectivity index is 1.69. The van der Waals surface area contributed by atoms with E-state index in [4.69, 9.17) is 11.6 Å². The maximum Gasteiger partial charge on any atom is 0.251 e. The fourth-order valence-corrected chi connectivity index (χ4v) is 3.17. The molecule has 1 aliphatic carbocycles. The van der Waals surface area contributed by atoms with Crippen LogP contribution in [0.25, 0.3) is 0 Å². The van der Waals surface area contributed by atoms with E-state index in [1.54, 1.807) is 18.3 Å². The minimum atomic E-state index is -0.0800. The molecule has 0 aromatic carbocycles. The number of hydrogen-bond acceptors (Lipinski definition) is 4. The van der Waals surface area contributed by atoms with Crippen molar-refractivity contribution in [2.24, 2.45) is 5.92 Å². The quantitative estimate of drug-likeness (QED) is 0.710. The van der Waals surface area contributed by atoms with E-state index in [1.807, 2.05) is 0 Å². The first-order valence-electron chi connectivity index (χ1n) is 6.65. The first kappa shape index (κ1) is 12.8. The number of halogens is 1. The highest BCUT2D eigenvalue weighted by atomic mass is 35.5. The lowest BCUT2D eigenvalue weighted by atomic mass is 9.82. The van der Waals surface area contributed by atoms with E-state index in [0.29, 0.717) is 22.7 Å². The Labute approximate surface area is 117 Å². The SMILES string of the molecule is O=C(NC1CCCC2CNNC21)c1ccnc(Cl)c1. The lowest BCUT2D eigenvalue weighted by molar-refractivity contribution is 0.0910. The number of amides is 1. The van der Waals surface area contributed by atoms with Crippen LogP contribution in [0.1, 0.15) is 29.6 Å². The van der Waals surface area contributed by atoms with Crippen LogP contribution in [0.3, 0.4) is 0 Å². The molecule has 2 fully saturated rings. The summed E-state index contributed by atoms with van der Waals surface area (Å²) in [6.45, 7) is 0.984. The Morgan fingerprint density at radius 3 is 3.21 bits per heavy atom. The number of nitrogens with zero attached hydrogens (tertiary/aromatic N) is 1. The van der Waals surface area contributed by atoms with Crippen LogP contribution in [0.4, 0.5) is 0 Å². The van der Waals surface area contributed by atoms with Crippen molar-refractivity contribution in [3.05, 3.63) is 29.0 Å². The lowest BCUT2D eigenvalue weighted by Crippen LogP contribution is -2.52. The van der Waals surface area contributed by atoms with Crippen molar-refractivity contribution >= 4 is 17.5 Å². The molecule has 0 bridgehead atoms. The monoisotopic (exact) mass is 280 g/mol. The maximum absolute atomic E-state index is 12.2. The fourth-order valence-electron chi connectivity index (χ4n) is 3.00. The minimum Gasteiger partial charge on any atom is -0.348 e. The van der Waals surface area contributed by atoms with Crippen LogP contribution in [-0.4, -0.2) is 29.5 Å². The van der Waals surface area contributed by atoms with Gasteiger partial charge in [-0.05, 0) is 30.9 Å². The lowest BCUT2D eigenvalue weighted by Gasteiger charge is -2.33. The first-order chi connectivity index (χ1) is 9.24. The van der Waals surface area contributed by atoms with Crippen LogP contribution in [0, 0.1) is 5.92 Å². The molecule has 0 spiro atoms. The van der Waals surface area contributed by atoms with E-state index in [-0.39, 0.29) is 11.9 Å². The van der Waals surface area contributed by atoms with Crippen molar-refractivity contribution in [2.75, 3.05) is 6.54 Å². The van der Waals surface area contributed by atoms with Crippen LogP contribution in [-0.2, 0) is 0 Å². The summed E-state index contributed by atoms with van der Waals surface area (Å²) < 4.78 is 0. The molecule has 1 aliphatic heterocycles. The van der Waals surface area contributed by atoms with E-state index in [2.05, 4.69) is 21.2 Å². The van der Waals surface area contributed by atoms with Gasteiger partial charge in [0, 0.05) is 30.4 Å². The summed E-state index contributed by atoms with van der Waals surface area (Å²) in [5.74, 6) is 0.531. The molecule has 3 atom stereocenters. The predicted octanol–water partition coefficient (Wildman–Crippen LogP) is 1.11. The van der Waals surface area contributed by atoms with Gasteiger partial charge < -0.3 is 5.32 Å². The van der Waals surface area contributed by atoms with Gasteiger partial charge in [0.1, 0.15) is 5.15 Å². The van der Waals surface area contributed by atoms with Crippen molar-refractivity contribution in [3.63, 3.8) is 0 Å². The third kappa shape index (κ3) is 2.73. The molecule has 1 aromatic rings. The van der Waals surface area contributed by atoms with E-state index >= 15 is 0 Å². The Morgan fingerprint density at radius 2 is 2.37 bits per heavy atom. The standard InChI is InChI=1S/C13H17ClN4O/c14-11-6-8(4-5-15-11)13(19)17-10-3-1-2-9-7-16-18-12(9)10/h4-6,9-10,12,16,18H,1-3,7H2,(H,17,19). The number of pyridine rings is 1. The minimum absolute atomic E-state index is 0.0800. The Morgan fingerprint density at radius 1 is 1.47 bits per heavy atom. The van der Waals surface area contributed by atoms with E-state index < -0.39 is 0 Å². The summed E-state index contributed by atoms with van der Waals surface area (Å²) in [6.07, 6.45) is 4.95. The molecule has 6 heteroatoms. The Kier molecular flexibility index (Phi) is 3.68. The van der Waals surface area contributed by atoms with Gasteiger partial charge in [-0.15, -0.1) is 0 Å². The fraction of sp³-hybridized carbons (Fsp3) is 0.538. The third-order valence-electron chi connectivity index (χ3n) is 3.97. The number of hydrazine groups is 1. The van der Waals surface area contributed by atoms with Crippen molar-refractivity contribution in [1.82, 2.24) is 21.2 Å². The number of aromatic nitrogens is 1. The normalized spacial score (nSPS) is 29.8. The average molecular weight is 281 g/mol. The molecule has 2 heterocycles. The smallest absolute Gasteiger partial charge is 0.251 e. The van der Waals surface area contributed by atoms with Gasteiger partial charge in [-0.1, -0.05) is 18.0 Å². The zero-order chi connectivity index (χ0) is 13.2. The molecular formula is C13H17ClN4O.